The number of para-hydroxylation sites is 1. The maximum atomic E-state index is 11.8. The van der Waals surface area contributed by atoms with Gasteiger partial charge in [0.15, 0.2) is 5.78 Å². The van der Waals surface area contributed by atoms with Gasteiger partial charge < -0.3 is 5.32 Å². The lowest BCUT2D eigenvalue weighted by molar-refractivity contribution is 0.101. The number of Topliss-reactive ketones (excluding diaryl/α,β-unsaturated/α-hetero) is 1. The van der Waals surface area contributed by atoms with E-state index in [1.807, 2.05) is 36.4 Å². The summed E-state index contributed by atoms with van der Waals surface area (Å²) in [4.78, 5) is 16.2. The van der Waals surface area contributed by atoms with Crippen LogP contribution in [0, 0.1) is 0 Å². The summed E-state index contributed by atoms with van der Waals surface area (Å²) in [6.45, 7) is 3.72. The van der Waals surface area contributed by atoms with Crippen molar-refractivity contribution in [1.29, 1.82) is 0 Å². The molecule has 0 radical (unpaired) electrons. The Labute approximate surface area is 130 Å². The molecule has 110 valence electrons. The van der Waals surface area contributed by atoms with E-state index in [9.17, 15) is 4.79 Å². The Bertz CT molecular complexity index is 840. The second kappa shape index (κ2) is 5.98. The molecule has 0 aliphatic heterocycles. The molecule has 0 aliphatic rings. The van der Waals surface area contributed by atoms with E-state index in [0.29, 0.717) is 5.56 Å². The number of nitrogens with one attached hydrogen (secondary N) is 1. The number of carbonyl (C=O) groups excluding carboxylic acids is 1. The standard InChI is InChI=1S/C19H18N2O/c1-3-14-8-9-17-16(12-14)19(10-11-20-17)21-18-7-5-4-6-15(18)13(2)22/h4-12H,3H2,1-2H3,(H,20,21). The molecule has 3 aromatic rings. The zero-order chi connectivity index (χ0) is 15.5. The van der Waals surface area contributed by atoms with E-state index < -0.39 is 0 Å². The zero-order valence-electron chi connectivity index (χ0n) is 12.8. The average molecular weight is 290 g/mol. The van der Waals surface area contributed by atoms with Crippen molar-refractivity contribution in [2.45, 2.75) is 20.3 Å². The largest absolute Gasteiger partial charge is 0.354 e. The number of hydrogen-bond acceptors (Lipinski definition) is 3. The van der Waals surface area contributed by atoms with Crippen molar-refractivity contribution in [3.8, 4) is 0 Å². The van der Waals surface area contributed by atoms with Crippen molar-refractivity contribution in [3.63, 3.8) is 0 Å². The molecule has 2 aromatic carbocycles. The van der Waals surface area contributed by atoms with Crippen molar-refractivity contribution in [3.05, 3.63) is 65.9 Å². The van der Waals surface area contributed by atoms with E-state index in [-0.39, 0.29) is 5.78 Å². The molecule has 0 amide bonds. The molecule has 0 fully saturated rings. The van der Waals surface area contributed by atoms with Crippen LogP contribution in [0.25, 0.3) is 10.9 Å². The number of nitrogens with zero attached hydrogens (tertiary/aromatic N) is 1. The fourth-order valence-corrected chi connectivity index (χ4v) is 2.57. The van der Waals surface area contributed by atoms with Crippen molar-refractivity contribution in [2.75, 3.05) is 5.32 Å². The second-order valence-corrected chi connectivity index (χ2v) is 5.29. The third-order valence-corrected chi connectivity index (χ3v) is 3.79. The molecule has 0 bridgehead atoms. The summed E-state index contributed by atoms with van der Waals surface area (Å²) < 4.78 is 0. The molecule has 1 N–H and O–H groups in total. The average Bonchev–Trinajstić information content (AvgIpc) is 2.55. The number of aryl methyl sites for hydroxylation is 1. The van der Waals surface area contributed by atoms with E-state index in [4.69, 9.17) is 0 Å². The number of aromatic nitrogens is 1. The van der Waals surface area contributed by atoms with Crippen molar-refractivity contribution in [2.24, 2.45) is 0 Å². The van der Waals surface area contributed by atoms with Gasteiger partial charge in [-0.2, -0.15) is 0 Å². The Hall–Kier alpha value is -2.68. The number of carbonyl (C=O) groups is 1. The maximum absolute atomic E-state index is 11.8. The first-order chi connectivity index (χ1) is 10.7. The number of benzene rings is 2. The van der Waals surface area contributed by atoms with Crippen LogP contribution in [0.3, 0.4) is 0 Å². The first kappa shape index (κ1) is 14.3. The molecule has 0 spiro atoms. The number of fused-ring (bicyclic) bond motifs is 1. The zero-order valence-corrected chi connectivity index (χ0v) is 12.8. The minimum Gasteiger partial charge on any atom is -0.354 e. The molecule has 0 atom stereocenters. The van der Waals surface area contributed by atoms with Crippen LogP contribution in [-0.4, -0.2) is 10.8 Å². The van der Waals surface area contributed by atoms with Crippen LogP contribution in [0.1, 0.15) is 29.8 Å². The van der Waals surface area contributed by atoms with Crippen LogP contribution in [0.5, 0.6) is 0 Å². The molecule has 0 saturated carbocycles. The van der Waals surface area contributed by atoms with Crippen LogP contribution in [-0.2, 0) is 6.42 Å². The number of rotatable bonds is 4. The van der Waals surface area contributed by atoms with Crippen molar-refractivity contribution in [1.82, 2.24) is 4.98 Å². The Kier molecular flexibility index (Phi) is 3.88. The van der Waals surface area contributed by atoms with Gasteiger partial charge in [-0.1, -0.05) is 25.1 Å². The lowest BCUT2D eigenvalue weighted by atomic mass is 10.1. The summed E-state index contributed by atoms with van der Waals surface area (Å²) in [6.07, 6.45) is 2.76. The van der Waals surface area contributed by atoms with E-state index in [1.54, 1.807) is 13.1 Å². The van der Waals surface area contributed by atoms with Gasteiger partial charge in [0.1, 0.15) is 0 Å². The predicted octanol–water partition coefficient (Wildman–Crippen LogP) is 4.74. The van der Waals surface area contributed by atoms with E-state index in [2.05, 4.69) is 29.4 Å². The summed E-state index contributed by atoms with van der Waals surface area (Å²) >= 11 is 0. The molecule has 0 aliphatic carbocycles. The van der Waals surface area contributed by atoms with Gasteiger partial charge in [-0.25, -0.2) is 0 Å². The molecular formula is C19H18N2O. The molecule has 22 heavy (non-hydrogen) atoms. The summed E-state index contributed by atoms with van der Waals surface area (Å²) in [5.41, 5.74) is 4.70. The van der Waals surface area contributed by atoms with Crippen LogP contribution >= 0.6 is 0 Å². The molecular weight excluding hydrogens is 272 g/mol. The Balaban J connectivity index is 2.09. The normalized spacial score (nSPS) is 10.6. The fraction of sp³-hybridized carbons (Fsp3) is 0.158. The van der Waals surface area contributed by atoms with Crippen LogP contribution < -0.4 is 5.32 Å². The van der Waals surface area contributed by atoms with Crippen LogP contribution in [0.2, 0.25) is 0 Å². The maximum Gasteiger partial charge on any atom is 0.161 e. The first-order valence-electron chi connectivity index (χ1n) is 7.43. The lowest BCUT2D eigenvalue weighted by Crippen LogP contribution is -2.00. The number of anilines is 2. The summed E-state index contributed by atoms with van der Waals surface area (Å²) in [5.74, 6) is 0.0516. The highest BCUT2D eigenvalue weighted by Gasteiger charge is 2.08. The molecule has 0 saturated heterocycles. The Morgan fingerprint density at radius 1 is 1.09 bits per heavy atom. The molecule has 1 heterocycles. The summed E-state index contributed by atoms with van der Waals surface area (Å²) in [6, 6.07) is 15.8. The minimum absolute atomic E-state index is 0.0516. The Morgan fingerprint density at radius 2 is 1.91 bits per heavy atom. The van der Waals surface area contributed by atoms with Crippen LogP contribution in [0.4, 0.5) is 11.4 Å². The van der Waals surface area contributed by atoms with Gasteiger partial charge in [0.2, 0.25) is 0 Å². The lowest BCUT2D eigenvalue weighted by Gasteiger charge is -2.13. The van der Waals surface area contributed by atoms with Gasteiger partial charge in [0, 0.05) is 28.5 Å². The molecule has 1 aromatic heterocycles. The van der Waals surface area contributed by atoms with E-state index in [0.717, 1.165) is 28.7 Å². The molecule has 0 unspecified atom stereocenters. The van der Waals surface area contributed by atoms with Gasteiger partial charge >= 0.3 is 0 Å². The molecule has 3 rings (SSSR count). The van der Waals surface area contributed by atoms with Gasteiger partial charge in [-0.05, 0) is 49.2 Å². The smallest absolute Gasteiger partial charge is 0.161 e. The minimum atomic E-state index is 0.0516. The van der Waals surface area contributed by atoms with Gasteiger partial charge in [0.25, 0.3) is 0 Å². The highest BCUT2D eigenvalue weighted by molar-refractivity contribution is 6.02. The molecule has 3 nitrogen and oxygen atoms in total. The Morgan fingerprint density at radius 3 is 2.68 bits per heavy atom. The predicted molar refractivity (Wildman–Crippen MR) is 90.9 cm³/mol. The topological polar surface area (TPSA) is 42.0 Å². The van der Waals surface area contributed by atoms with Gasteiger partial charge in [0.05, 0.1) is 5.52 Å². The number of hydrogen-bond donors (Lipinski definition) is 1. The number of pyridine rings is 1. The third kappa shape index (κ3) is 2.70. The fourth-order valence-electron chi connectivity index (χ4n) is 2.57. The second-order valence-electron chi connectivity index (χ2n) is 5.29. The van der Waals surface area contributed by atoms with Crippen molar-refractivity contribution >= 4 is 28.1 Å². The monoisotopic (exact) mass is 290 g/mol. The highest BCUT2D eigenvalue weighted by Crippen LogP contribution is 2.28. The van der Waals surface area contributed by atoms with Crippen LogP contribution in [0.15, 0.2) is 54.7 Å². The van der Waals surface area contributed by atoms with Gasteiger partial charge in [-0.3, -0.25) is 9.78 Å². The van der Waals surface area contributed by atoms with Gasteiger partial charge in [-0.15, -0.1) is 0 Å². The van der Waals surface area contributed by atoms with Crippen molar-refractivity contribution < 1.29 is 4.79 Å². The third-order valence-electron chi connectivity index (χ3n) is 3.79. The molecule has 3 heteroatoms. The SMILES string of the molecule is CCc1ccc2nccc(Nc3ccccc3C(C)=O)c2c1. The summed E-state index contributed by atoms with van der Waals surface area (Å²) in [5, 5.41) is 4.46. The number of ketones is 1. The van der Waals surface area contributed by atoms with E-state index >= 15 is 0 Å². The first-order valence-corrected chi connectivity index (χ1v) is 7.43. The van der Waals surface area contributed by atoms with E-state index in [1.165, 1.54) is 5.56 Å². The summed E-state index contributed by atoms with van der Waals surface area (Å²) in [7, 11) is 0. The highest BCUT2D eigenvalue weighted by atomic mass is 16.1. The quantitative estimate of drug-likeness (QED) is 0.705.